The average Bonchev–Trinajstić information content (AvgIpc) is 3.09. The molecule has 0 bridgehead atoms. The molecule has 1 aromatic heterocycles. The van der Waals surface area contributed by atoms with E-state index in [0.717, 1.165) is 0 Å². The molecule has 0 atom stereocenters. The second kappa shape index (κ2) is 8.52. The first kappa shape index (κ1) is 20.0. The molecule has 0 aliphatic heterocycles. The molecule has 0 saturated heterocycles. The lowest BCUT2D eigenvalue weighted by Gasteiger charge is -2.27. The molecule has 0 fully saturated rings. The number of rotatable bonds is 6. The van der Waals surface area contributed by atoms with Crippen molar-refractivity contribution in [1.82, 2.24) is 14.5 Å². The first-order valence-electron chi connectivity index (χ1n) is 8.86. The Morgan fingerprint density at radius 2 is 1.96 bits per heavy atom. The Morgan fingerprint density at radius 3 is 2.64 bits per heavy atom. The van der Waals surface area contributed by atoms with Crippen LogP contribution in [0.1, 0.15) is 35.6 Å². The van der Waals surface area contributed by atoms with Gasteiger partial charge in [-0.3, -0.25) is 4.79 Å². The van der Waals surface area contributed by atoms with E-state index in [-0.39, 0.29) is 30.6 Å². The predicted molar refractivity (Wildman–Crippen MR) is 104 cm³/mol. The average molecular weight is 404 g/mol. The van der Waals surface area contributed by atoms with E-state index in [0.29, 0.717) is 16.4 Å². The van der Waals surface area contributed by atoms with Gasteiger partial charge in [0.25, 0.3) is 5.91 Å². The summed E-state index contributed by atoms with van der Waals surface area (Å²) in [5, 5.41) is 0.330. The summed E-state index contributed by atoms with van der Waals surface area (Å²) in [5.41, 5.74) is 0.625. The Hall–Kier alpha value is -2.73. The predicted octanol–water partition coefficient (Wildman–Crippen LogP) is 4.91. The fraction of sp³-hybridized carbons (Fsp3) is 0.238. The van der Waals surface area contributed by atoms with E-state index in [4.69, 9.17) is 11.6 Å². The van der Waals surface area contributed by atoms with E-state index in [1.807, 2.05) is 13.8 Å². The van der Waals surface area contributed by atoms with Crippen molar-refractivity contribution in [2.75, 3.05) is 0 Å². The van der Waals surface area contributed by atoms with Gasteiger partial charge >= 0.3 is 0 Å². The Bertz CT molecular complexity index is 967. The highest BCUT2D eigenvalue weighted by Gasteiger charge is 2.22. The van der Waals surface area contributed by atoms with Gasteiger partial charge in [0.2, 0.25) is 0 Å². The normalized spacial score (nSPS) is 11.1. The minimum Gasteiger partial charge on any atom is -0.329 e. The number of hydrogen-bond acceptors (Lipinski definition) is 2. The highest BCUT2D eigenvalue weighted by molar-refractivity contribution is 6.31. The molecule has 0 aliphatic carbocycles. The van der Waals surface area contributed by atoms with Crippen LogP contribution in [0, 0.1) is 11.6 Å². The summed E-state index contributed by atoms with van der Waals surface area (Å²) in [6.45, 7) is 4.14. The molecule has 28 heavy (non-hydrogen) atoms. The maximum atomic E-state index is 14.1. The maximum absolute atomic E-state index is 14.1. The van der Waals surface area contributed by atoms with Crippen molar-refractivity contribution in [2.45, 2.75) is 33.0 Å². The minimum atomic E-state index is -0.467. The lowest BCUT2D eigenvalue weighted by molar-refractivity contribution is 0.0682. The van der Waals surface area contributed by atoms with Crippen LogP contribution in [0.15, 0.2) is 54.9 Å². The number of benzene rings is 2. The third-order valence-electron chi connectivity index (χ3n) is 4.46. The highest BCUT2D eigenvalue weighted by Crippen LogP contribution is 2.21. The summed E-state index contributed by atoms with van der Waals surface area (Å²) in [7, 11) is 0. The van der Waals surface area contributed by atoms with E-state index in [1.54, 1.807) is 40.1 Å². The summed E-state index contributed by atoms with van der Waals surface area (Å²) in [6.07, 6.45) is 3.30. The van der Waals surface area contributed by atoms with Gasteiger partial charge in [-0.05, 0) is 44.2 Å². The van der Waals surface area contributed by atoms with Crippen LogP contribution in [0.5, 0.6) is 0 Å². The minimum absolute atomic E-state index is 0.141. The molecule has 1 heterocycles. The van der Waals surface area contributed by atoms with Crippen LogP contribution in [0.25, 0.3) is 0 Å². The van der Waals surface area contributed by atoms with E-state index in [9.17, 15) is 13.6 Å². The van der Waals surface area contributed by atoms with Crippen LogP contribution in [0.2, 0.25) is 5.02 Å². The topological polar surface area (TPSA) is 38.1 Å². The Morgan fingerprint density at radius 1 is 1.21 bits per heavy atom. The standard InChI is InChI=1S/C21H20ClF2N3O/c1-14(2)27(21(28)15-5-3-6-16(23)11-15)13-20-25-9-10-26(20)12-17-18(22)7-4-8-19(17)24/h3-11,14H,12-13H2,1-2H3. The van der Waals surface area contributed by atoms with Gasteiger partial charge in [-0.15, -0.1) is 0 Å². The summed E-state index contributed by atoms with van der Waals surface area (Å²) in [4.78, 5) is 18.8. The highest BCUT2D eigenvalue weighted by atomic mass is 35.5. The molecular weight excluding hydrogens is 384 g/mol. The van der Waals surface area contributed by atoms with Crippen molar-refractivity contribution in [3.63, 3.8) is 0 Å². The second-order valence-electron chi connectivity index (χ2n) is 6.71. The van der Waals surface area contributed by atoms with Gasteiger partial charge in [-0.2, -0.15) is 0 Å². The third kappa shape index (κ3) is 4.39. The lowest BCUT2D eigenvalue weighted by Crippen LogP contribution is -2.37. The Labute approximate surface area is 167 Å². The smallest absolute Gasteiger partial charge is 0.254 e. The maximum Gasteiger partial charge on any atom is 0.254 e. The number of nitrogens with zero attached hydrogens (tertiary/aromatic N) is 3. The van der Waals surface area contributed by atoms with Crippen molar-refractivity contribution in [2.24, 2.45) is 0 Å². The molecule has 0 saturated carbocycles. The third-order valence-corrected chi connectivity index (χ3v) is 4.81. The van der Waals surface area contributed by atoms with Crippen LogP contribution in [0.3, 0.4) is 0 Å². The second-order valence-corrected chi connectivity index (χ2v) is 7.12. The van der Waals surface area contributed by atoms with Crippen LogP contribution >= 0.6 is 11.6 Å². The lowest BCUT2D eigenvalue weighted by atomic mass is 10.1. The van der Waals surface area contributed by atoms with Crippen molar-refractivity contribution in [3.8, 4) is 0 Å². The quantitative estimate of drug-likeness (QED) is 0.586. The van der Waals surface area contributed by atoms with Gasteiger partial charge in [-0.1, -0.05) is 23.7 Å². The van der Waals surface area contributed by atoms with Gasteiger partial charge in [0.05, 0.1) is 13.1 Å². The molecule has 0 unspecified atom stereocenters. The van der Waals surface area contributed by atoms with Crippen molar-refractivity contribution < 1.29 is 13.6 Å². The van der Waals surface area contributed by atoms with Gasteiger partial charge in [0, 0.05) is 34.6 Å². The summed E-state index contributed by atoms with van der Waals surface area (Å²) in [6, 6.07) is 9.97. The zero-order chi connectivity index (χ0) is 20.3. The van der Waals surface area contributed by atoms with Gasteiger partial charge in [-0.25, -0.2) is 13.8 Å². The van der Waals surface area contributed by atoms with Gasteiger partial charge < -0.3 is 9.47 Å². The molecule has 0 aliphatic rings. The molecule has 3 aromatic rings. The molecule has 4 nitrogen and oxygen atoms in total. The molecule has 146 valence electrons. The van der Waals surface area contributed by atoms with Crippen LogP contribution in [-0.4, -0.2) is 26.4 Å². The fourth-order valence-corrected chi connectivity index (χ4v) is 3.14. The summed E-state index contributed by atoms with van der Waals surface area (Å²) < 4.78 is 29.4. The first-order valence-corrected chi connectivity index (χ1v) is 9.24. The van der Waals surface area contributed by atoms with Crippen LogP contribution in [-0.2, 0) is 13.1 Å². The Kier molecular flexibility index (Phi) is 6.09. The molecule has 7 heteroatoms. The fourth-order valence-electron chi connectivity index (χ4n) is 2.92. The number of carbonyl (C=O) groups is 1. The summed E-state index contributed by atoms with van der Waals surface area (Å²) in [5.74, 6) is -0.584. The van der Waals surface area contributed by atoms with Crippen LogP contribution in [0.4, 0.5) is 8.78 Å². The van der Waals surface area contributed by atoms with E-state index < -0.39 is 11.6 Å². The molecular formula is C21H20ClF2N3O. The Balaban J connectivity index is 1.86. The molecule has 2 aromatic carbocycles. The number of carbonyl (C=O) groups excluding carboxylic acids is 1. The SMILES string of the molecule is CC(C)N(Cc1nccn1Cc1c(F)cccc1Cl)C(=O)c1cccc(F)c1. The molecule has 1 amide bonds. The van der Waals surface area contributed by atoms with Crippen molar-refractivity contribution in [1.29, 1.82) is 0 Å². The van der Waals surface area contributed by atoms with Gasteiger partial charge in [0.1, 0.15) is 17.5 Å². The number of imidazole rings is 1. The molecule has 0 N–H and O–H groups in total. The molecule has 0 radical (unpaired) electrons. The zero-order valence-corrected chi connectivity index (χ0v) is 16.3. The zero-order valence-electron chi connectivity index (χ0n) is 15.6. The number of hydrogen-bond donors (Lipinski definition) is 0. The molecule has 0 spiro atoms. The molecule has 3 rings (SSSR count). The summed E-state index contributed by atoms with van der Waals surface area (Å²) >= 11 is 6.13. The monoisotopic (exact) mass is 403 g/mol. The number of aromatic nitrogens is 2. The van der Waals surface area contributed by atoms with E-state index in [1.165, 1.54) is 24.3 Å². The van der Waals surface area contributed by atoms with Crippen LogP contribution < -0.4 is 0 Å². The first-order chi connectivity index (χ1) is 13.4. The largest absolute Gasteiger partial charge is 0.329 e. The number of amides is 1. The van der Waals surface area contributed by atoms with Crippen molar-refractivity contribution >= 4 is 17.5 Å². The number of halogens is 3. The van der Waals surface area contributed by atoms with E-state index >= 15 is 0 Å². The van der Waals surface area contributed by atoms with Gasteiger partial charge in [0.15, 0.2) is 0 Å². The van der Waals surface area contributed by atoms with Crippen molar-refractivity contribution in [3.05, 3.63) is 88.5 Å². The van der Waals surface area contributed by atoms with E-state index in [2.05, 4.69) is 4.98 Å².